The molecule has 2 aromatic heterocycles. The molecule has 6 heteroatoms. The summed E-state index contributed by atoms with van der Waals surface area (Å²) >= 11 is 1.80. The summed E-state index contributed by atoms with van der Waals surface area (Å²) in [6, 6.07) is 9.00. The van der Waals surface area contributed by atoms with Gasteiger partial charge in [0.05, 0.1) is 11.0 Å². The van der Waals surface area contributed by atoms with Crippen molar-refractivity contribution in [2.75, 3.05) is 18.0 Å². The number of anilines is 1. The number of hydrogen-bond donors (Lipinski definition) is 0. The van der Waals surface area contributed by atoms with Crippen LogP contribution in [0.3, 0.4) is 0 Å². The molecule has 0 atom stereocenters. The lowest BCUT2D eigenvalue weighted by atomic mass is 10.0. The predicted octanol–water partition coefficient (Wildman–Crippen LogP) is 3.92. The number of imidazole rings is 1. The van der Waals surface area contributed by atoms with Gasteiger partial charge in [-0.15, -0.1) is 10.2 Å². The molecule has 0 radical (unpaired) electrons. The zero-order chi connectivity index (χ0) is 16.1. The number of aryl methyl sites for hydroxylation is 1. The second-order valence-corrected chi connectivity index (χ2v) is 7.92. The summed E-state index contributed by atoms with van der Waals surface area (Å²) in [6.07, 6.45) is 4.87. The molecule has 0 amide bonds. The fraction of sp³-hybridized carbons (Fsp3) is 0.500. The van der Waals surface area contributed by atoms with Gasteiger partial charge < -0.3 is 9.47 Å². The lowest BCUT2D eigenvalue weighted by Crippen LogP contribution is -2.34. The van der Waals surface area contributed by atoms with Crippen LogP contribution in [0.25, 0.3) is 11.0 Å². The maximum Gasteiger partial charge on any atom is 0.208 e. The molecule has 0 unspecified atom stereocenters. The lowest BCUT2D eigenvalue weighted by molar-refractivity contribution is 0.397. The third-order valence-electron chi connectivity index (χ3n) is 5.23. The van der Waals surface area contributed by atoms with Crippen LogP contribution in [-0.2, 0) is 0 Å². The Kier molecular flexibility index (Phi) is 3.33. The van der Waals surface area contributed by atoms with E-state index in [0.29, 0.717) is 12.0 Å². The quantitative estimate of drug-likeness (QED) is 0.726. The molecule has 1 aliphatic heterocycles. The lowest BCUT2D eigenvalue weighted by Gasteiger charge is -2.33. The first-order valence-electron chi connectivity index (χ1n) is 8.81. The molecule has 1 aromatic carbocycles. The van der Waals surface area contributed by atoms with Gasteiger partial charge in [-0.25, -0.2) is 4.98 Å². The van der Waals surface area contributed by atoms with Crippen molar-refractivity contribution < 1.29 is 0 Å². The molecule has 0 bridgehead atoms. The van der Waals surface area contributed by atoms with Crippen molar-refractivity contribution in [3.05, 3.63) is 35.1 Å². The minimum Gasteiger partial charge on any atom is -0.347 e. The predicted molar refractivity (Wildman–Crippen MR) is 96.8 cm³/mol. The van der Waals surface area contributed by atoms with E-state index in [1.165, 1.54) is 23.4 Å². The van der Waals surface area contributed by atoms with Crippen molar-refractivity contribution in [3.63, 3.8) is 0 Å². The van der Waals surface area contributed by atoms with E-state index >= 15 is 0 Å². The molecule has 3 aromatic rings. The molecular weight excluding hydrogens is 318 g/mol. The Labute approximate surface area is 145 Å². The summed E-state index contributed by atoms with van der Waals surface area (Å²) in [5, 5.41) is 11.2. The molecule has 5 rings (SSSR count). The van der Waals surface area contributed by atoms with Crippen LogP contribution in [0.1, 0.15) is 48.5 Å². The van der Waals surface area contributed by atoms with E-state index < -0.39 is 0 Å². The monoisotopic (exact) mass is 339 g/mol. The molecule has 2 aliphatic rings. The summed E-state index contributed by atoms with van der Waals surface area (Å²) in [5.41, 5.74) is 2.37. The molecule has 124 valence electrons. The first-order chi connectivity index (χ1) is 11.8. The Balaban J connectivity index is 1.34. The summed E-state index contributed by atoms with van der Waals surface area (Å²) in [6.45, 7) is 4.23. The van der Waals surface area contributed by atoms with E-state index in [4.69, 9.17) is 4.98 Å². The highest BCUT2D eigenvalue weighted by atomic mass is 32.1. The molecule has 1 aliphatic carbocycles. The molecule has 2 fully saturated rings. The largest absolute Gasteiger partial charge is 0.347 e. The van der Waals surface area contributed by atoms with Gasteiger partial charge in [-0.05, 0) is 44.7 Å². The Morgan fingerprint density at radius 1 is 1.04 bits per heavy atom. The normalized spacial score (nSPS) is 19.3. The van der Waals surface area contributed by atoms with E-state index in [0.717, 1.165) is 42.4 Å². The second-order valence-electron chi connectivity index (χ2n) is 6.93. The van der Waals surface area contributed by atoms with E-state index in [1.807, 2.05) is 0 Å². The van der Waals surface area contributed by atoms with Crippen molar-refractivity contribution >= 4 is 27.5 Å². The van der Waals surface area contributed by atoms with Crippen molar-refractivity contribution in [2.24, 2.45) is 0 Å². The van der Waals surface area contributed by atoms with Crippen molar-refractivity contribution in [1.82, 2.24) is 19.7 Å². The first-order valence-corrected chi connectivity index (χ1v) is 9.63. The van der Waals surface area contributed by atoms with Crippen LogP contribution in [0.5, 0.6) is 0 Å². The highest BCUT2D eigenvalue weighted by Crippen LogP contribution is 2.43. The van der Waals surface area contributed by atoms with Crippen molar-refractivity contribution in [3.8, 4) is 0 Å². The number of piperidine rings is 1. The fourth-order valence-corrected chi connectivity index (χ4v) is 4.86. The third-order valence-corrected chi connectivity index (χ3v) is 6.38. The van der Waals surface area contributed by atoms with E-state index in [9.17, 15) is 0 Å². The standard InChI is InChI=1S/C18H21N5S/c1-12-19-15-4-2-3-5-16(15)23(12)14-8-10-22(11-9-14)18-21-20-17(24-18)13-6-7-13/h2-5,13-14H,6-11H2,1H3. The Bertz CT molecular complexity index is 871. The van der Waals surface area contributed by atoms with Crippen molar-refractivity contribution in [2.45, 2.75) is 44.6 Å². The number of aromatic nitrogens is 4. The van der Waals surface area contributed by atoms with Crippen LogP contribution in [0.4, 0.5) is 5.13 Å². The average molecular weight is 339 g/mol. The van der Waals surface area contributed by atoms with E-state index in [-0.39, 0.29) is 0 Å². The number of hydrogen-bond acceptors (Lipinski definition) is 5. The minimum absolute atomic E-state index is 0.532. The van der Waals surface area contributed by atoms with Gasteiger partial charge in [-0.3, -0.25) is 0 Å². The molecule has 1 saturated heterocycles. The van der Waals surface area contributed by atoms with E-state index in [2.05, 4.69) is 50.9 Å². The van der Waals surface area contributed by atoms with Crippen LogP contribution in [0.15, 0.2) is 24.3 Å². The van der Waals surface area contributed by atoms with Gasteiger partial charge in [0, 0.05) is 25.0 Å². The minimum atomic E-state index is 0.532. The Hall–Kier alpha value is -1.95. The van der Waals surface area contributed by atoms with Gasteiger partial charge in [-0.1, -0.05) is 23.5 Å². The first kappa shape index (κ1) is 14.4. The fourth-order valence-electron chi connectivity index (χ4n) is 3.79. The van der Waals surface area contributed by atoms with Gasteiger partial charge in [0.15, 0.2) is 0 Å². The number of fused-ring (bicyclic) bond motifs is 1. The molecule has 1 saturated carbocycles. The zero-order valence-electron chi connectivity index (χ0n) is 13.9. The smallest absolute Gasteiger partial charge is 0.208 e. The third kappa shape index (κ3) is 2.40. The van der Waals surface area contributed by atoms with Gasteiger partial charge in [0.25, 0.3) is 0 Å². The van der Waals surface area contributed by atoms with Crippen LogP contribution in [0.2, 0.25) is 0 Å². The number of benzene rings is 1. The summed E-state index contributed by atoms with van der Waals surface area (Å²) < 4.78 is 2.43. The van der Waals surface area contributed by atoms with Gasteiger partial charge in [0.2, 0.25) is 5.13 Å². The van der Waals surface area contributed by atoms with E-state index in [1.54, 1.807) is 11.3 Å². The Morgan fingerprint density at radius 2 is 1.83 bits per heavy atom. The summed E-state index contributed by atoms with van der Waals surface area (Å²) in [7, 11) is 0. The Morgan fingerprint density at radius 3 is 2.62 bits per heavy atom. The molecule has 3 heterocycles. The molecular formula is C18H21N5S. The van der Waals surface area contributed by atoms with Crippen LogP contribution in [-0.4, -0.2) is 32.8 Å². The topological polar surface area (TPSA) is 46.8 Å². The van der Waals surface area contributed by atoms with Crippen LogP contribution >= 0.6 is 11.3 Å². The molecule has 0 spiro atoms. The van der Waals surface area contributed by atoms with Crippen LogP contribution in [0, 0.1) is 6.92 Å². The number of rotatable bonds is 3. The van der Waals surface area contributed by atoms with Gasteiger partial charge in [-0.2, -0.15) is 0 Å². The van der Waals surface area contributed by atoms with Crippen LogP contribution < -0.4 is 4.90 Å². The highest BCUT2D eigenvalue weighted by molar-refractivity contribution is 7.15. The number of nitrogens with zero attached hydrogens (tertiary/aromatic N) is 5. The summed E-state index contributed by atoms with van der Waals surface area (Å²) in [4.78, 5) is 7.14. The maximum atomic E-state index is 4.72. The maximum absolute atomic E-state index is 4.72. The number of para-hydroxylation sites is 2. The highest BCUT2D eigenvalue weighted by Gasteiger charge is 2.30. The zero-order valence-corrected chi connectivity index (χ0v) is 14.7. The average Bonchev–Trinajstić information content (AvgIpc) is 3.24. The molecule has 0 N–H and O–H groups in total. The second kappa shape index (κ2) is 5.55. The van der Waals surface area contributed by atoms with Crippen molar-refractivity contribution in [1.29, 1.82) is 0 Å². The molecule has 24 heavy (non-hydrogen) atoms. The van der Waals surface area contributed by atoms with Gasteiger partial charge >= 0.3 is 0 Å². The summed E-state index contributed by atoms with van der Waals surface area (Å²) in [5.74, 6) is 1.83. The molecule has 5 nitrogen and oxygen atoms in total. The SMILES string of the molecule is Cc1nc2ccccc2n1C1CCN(c2nnc(C3CC3)s2)CC1. The van der Waals surface area contributed by atoms with Gasteiger partial charge in [0.1, 0.15) is 10.8 Å².